The largest absolute Gasteiger partial charge is 0.314 e. The lowest BCUT2D eigenvalue weighted by Crippen LogP contribution is -2.37. The molecule has 94 valence electrons. The van der Waals surface area contributed by atoms with E-state index in [1.165, 1.54) is 23.8 Å². The van der Waals surface area contributed by atoms with E-state index in [9.17, 15) is 0 Å². The number of hydrogen-bond donors (Lipinski definition) is 1. The van der Waals surface area contributed by atoms with Gasteiger partial charge in [0, 0.05) is 24.8 Å². The topological polar surface area (TPSA) is 42.7 Å². The Kier molecular flexibility index (Phi) is 3.13. The number of thioether (sulfide) groups is 1. The van der Waals surface area contributed by atoms with Crippen molar-refractivity contribution >= 4 is 11.8 Å². The summed E-state index contributed by atoms with van der Waals surface area (Å²) in [5.41, 5.74) is 0. The van der Waals surface area contributed by atoms with Gasteiger partial charge in [-0.15, -0.1) is 10.2 Å². The molecule has 17 heavy (non-hydrogen) atoms. The summed E-state index contributed by atoms with van der Waals surface area (Å²) in [5.74, 6) is 5.57. The molecule has 0 radical (unpaired) electrons. The quantitative estimate of drug-likeness (QED) is 0.888. The van der Waals surface area contributed by atoms with Crippen molar-refractivity contribution in [2.75, 3.05) is 11.5 Å². The molecule has 0 amide bonds. The molecule has 5 heteroatoms. The van der Waals surface area contributed by atoms with Gasteiger partial charge in [0.15, 0.2) is 0 Å². The third-order valence-corrected chi connectivity index (χ3v) is 5.21. The van der Waals surface area contributed by atoms with Crippen molar-refractivity contribution in [1.29, 1.82) is 0 Å². The van der Waals surface area contributed by atoms with Gasteiger partial charge < -0.3 is 9.88 Å². The Morgan fingerprint density at radius 1 is 1.41 bits per heavy atom. The van der Waals surface area contributed by atoms with Crippen LogP contribution >= 0.6 is 11.8 Å². The van der Waals surface area contributed by atoms with Crippen LogP contribution in [0.25, 0.3) is 0 Å². The maximum atomic E-state index is 4.35. The van der Waals surface area contributed by atoms with Gasteiger partial charge in [-0.2, -0.15) is 11.8 Å². The van der Waals surface area contributed by atoms with E-state index in [1.807, 2.05) is 11.8 Å². The van der Waals surface area contributed by atoms with Gasteiger partial charge >= 0.3 is 0 Å². The fraction of sp³-hybridized carbons (Fsp3) is 0.833. The number of aromatic nitrogens is 3. The summed E-state index contributed by atoms with van der Waals surface area (Å²) in [6, 6.07) is 0.949. The van der Waals surface area contributed by atoms with Crippen LogP contribution in [-0.2, 0) is 13.0 Å². The Labute approximate surface area is 107 Å². The summed E-state index contributed by atoms with van der Waals surface area (Å²) in [5, 5.41) is 12.3. The molecule has 4 nitrogen and oxygen atoms in total. The van der Waals surface area contributed by atoms with E-state index in [0.717, 1.165) is 24.7 Å². The van der Waals surface area contributed by atoms with Gasteiger partial charge in [0.25, 0.3) is 0 Å². The van der Waals surface area contributed by atoms with Gasteiger partial charge in [0.1, 0.15) is 11.6 Å². The van der Waals surface area contributed by atoms with Crippen LogP contribution in [0.5, 0.6) is 0 Å². The lowest BCUT2D eigenvalue weighted by Gasteiger charge is -2.21. The van der Waals surface area contributed by atoms with E-state index >= 15 is 0 Å². The van der Waals surface area contributed by atoms with Crippen molar-refractivity contribution in [2.45, 2.75) is 45.3 Å². The SMILES string of the molecule is CC(NC1CSCC1C)c1nnc2n1CCC2. The molecular formula is C12H20N4S. The van der Waals surface area contributed by atoms with E-state index in [4.69, 9.17) is 0 Å². The molecule has 0 saturated carbocycles. The summed E-state index contributed by atoms with van der Waals surface area (Å²) < 4.78 is 2.30. The highest BCUT2D eigenvalue weighted by molar-refractivity contribution is 7.99. The maximum Gasteiger partial charge on any atom is 0.149 e. The van der Waals surface area contributed by atoms with E-state index in [2.05, 4.69) is 33.9 Å². The monoisotopic (exact) mass is 252 g/mol. The molecule has 3 atom stereocenters. The first-order valence-corrected chi connectivity index (χ1v) is 7.67. The normalized spacial score (nSPS) is 29.5. The van der Waals surface area contributed by atoms with Crippen LogP contribution in [0.2, 0.25) is 0 Å². The summed E-state index contributed by atoms with van der Waals surface area (Å²) in [7, 11) is 0. The van der Waals surface area contributed by atoms with Crippen LogP contribution in [-0.4, -0.2) is 32.3 Å². The standard InChI is InChI=1S/C12H20N4S/c1-8-6-17-7-10(8)13-9(2)12-15-14-11-4-3-5-16(11)12/h8-10,13H,3-7H2,1-2H3. The Morgan fingerprint density at radius 3 is 3.06 bits per heavy atom. The molecular weight excluding hydrogens is 232 g/mol. The van der Waals surface area contributed by atoms with Gasteiger partial charge in [-0.25, -0.2) is 0 Å². The van der Waals surface area contributed by atoms with E-state index in [-0.39, 0.29) is 0 Å². The van der Waals surface area contributed by atoms with Crippen LogP contribution < -0.4 is 5.32 Å². The molecule has 1 N–H and O–H groups in total. The van der Waals surface area contributed by atoms with Crippen LogP contribution in [0, 0.1) is 5.92 Å². The zero-order valence-corrected chi connectivity index (χ0v) is 11.3. The molecule has 3 rings (SSSR count). The molecule has 0 aliphatic carbocycles. The molecule has 2 aliphatic rings. The maximum absolute atomic E-state index is 4.35. The molecule has 3 heterocycles. The Balaban J connectivity index is 1.71. The van der Waals surface area contributed by atoms with Crippen molar-refractivity contribution in [3.05, 3.63) is 11.6 Å². The molecule has 2 aliphatic heterocycles. The molecule has 1 saturated heterocycles. The Morgan fingerprint density at radius 2 is 2.29 bits per heavy atom. The van der Waals surface area contributed by atoms with Crippen molar-refractivity contribution in [3.63, 3.8) is 0 Å². The lowest BCUT2D eigenvalue weighted by atomic mass is 10.1. The highest BCUT2D eigenvalue weighted by Crippen LogP contribution is 2.26. The van der Waals surface area contributed by atoms with Crippen LogP contribution in [0.4, 0.5) is 0 Å². The molecule has 0 bridgehead atoms. The minimum Gasteiger partial charge on any atom is -0.314 e. The van der Waals surface area contributed by atoms with Crippen molar-refractivity contribution in [3.8, 4) is 0 Å². The van der Waals surface area contributed by atoms with Gasteiger partial charge in [0.05, 0.1) is 6.04 Å². The van der Waals surface area contributed by atoms with E-state index in [0.29, 0.717) is 12.1 Å². The van der Waals surface area contributed by atoms with Crippen molar-refractivity contribution in [2.24, 2.45) is 5.92 Å². The third kappa shape index (κ3) is 2.10. The smallest absolute Gasteiger partial charge is 0.149 e. The second-order valence-electron chi connectivity index (χ2n) is 5.24. The zero-order chi connectivity index (χ0) is 11.8. The summed E-state index contributed by atoms with van der Waals surface area (Å²) in [4.78, 5) is 0. The molecule has 1 aromatic heterocycles. The Hall–Kier alpha value is -0.550. The number of aryl methyl sites for hydroxylation is 1. The van der Waals surface area contributed by atoms with Crippen LogP contribution in [0.1, 0.15) is 38.0 Å². The Bertz CT molecular complexity index is 403. The van der Waals surface area contributed by atoms with E-state index in [1.54, 1.807) is 0 Å². The van der Waals surface area contributed by atoms with Crippen LogP contribution in [0.3, 0.4) is 0 Å². The lowest BCUT2D eigenvalue weighted by molar-refractivity contribution is 0.394. The number of rotatable bonds is 3. The number of nitrogens with zero attached hydrogens (tertiary/aromatic N) is 3. The fourth-order valence-electron chi connectivity index (χ4n) is 2.76. The molecule has 3 unspecified atom stereocenters. The van der Waals surface area contributed by atoms with Gasteiger partial charge in [0.2, 0.25) is 0 Å². The molecule has 0 spiro atoms. The van der Waals surface area contributed by atoms with E-state index < -0.39 is 0 Å². The second-order valence-corrected chi connectivity index (χ2v) is 6.31. The molecule has 1 aromatic rings. The predicted octanol–water partition coefficient (Wildman–Crippen LogP) is 1.63. The highest BCUT2D eigenvalue weighted by Gasteiger charge is 2.28. The summed E-state index contributed by atoms with van der Waals surface area (Å²) in [6.07, 6.45) is 2.32. The molecule has 1 fully saturated rings. The first kappa shape index (κ1) is 11.5. The average molecular weight is 252 g/mol. The summed E-state index contributed by atoms with van der Waals surface area (Å²) in [6.45, 7) is 5.64. The van der Waals surface area contributed by atoms with Gasteiger partial charge in [-0.3, -0.25) is 0 Å². The first-order valence-electron chi connectivity index (χ1n) is 6.51. The predicted molar refractivity (Wildman–Crippen MR) is 70.2 cm³/mol. The van der Waals surface area contributed by atoms with Crippen molar-refractivity contribution < 1.29 is 0 Å². The fourth-order valence-corrected chi connectivity index (χ4v) is 4.18. The van der Waals surface area contributed by atoms with Crippen LogP contribution in [0.15, 0.2) is 0 Å². The number of nitrogens with one attached hydrogen (secondary N) is 1. The second kappa shape index (κ2) is 4.61. The molecule has 0 aromatic carbocycles. The first-order chi connectivity index (χ1) is 8.25. The highest BCUT2D eigenvalue weighted by atomic mass is 32.2. The third-order valence-electron chi connectivity index (χ3n) is 3.85. The van der Waals surface area contributed by atoms with Crippen molar-refractivity contribution in [1.82, 2.24) is 20.1 Å². The van der Waals surface area contributed by atoms with Gasteiger partial charge in [-0.05, 0) is 25.0 Å². The summed E-state index contributed by atoms with van der Waals surface area (Å²) >= 11 is 2.05. The minimum absolute atomic E-state index is 0.320. The number of fused-ring (bicyclic) bond motifs is 1. The average Bonchev–Trinajstić information content (AvgIpc) is 2.94. The number of hydrogen-bond acceptors (Lipinski definition) is 4. The zero-order valence-electron chi connectivity index (χ0n) is 10.5. The van der Waals surface area contributed by atoms with Gasteiger partial charge in [-0.1, -0.05) is 6.92 Å². The minimum atomic E-state index is 0.320.